The van der Waals surface area contributed by atoms with E-state index in [0.29, 0.717) is 22.9 Å². The lowest BCUT2D eigenvalue weighted by molar-refractivity contribution is -0.115. The third-order valence-corrected chi connectivity index (χ3v) is 5.29. The third-order valence-electron chi connectivity index (χ3n) is 5.29. The fraction of sp³-hybridized carbons (Fsp3) is 0.120. The second kappa shape index (κ2) is 8.78. The van der Waals surface area contributed by atoms with Crippen molar-refractivity contribution in [1.29, 1.82) is 0 Å². The Hall–Kier alpha value is -4.53. The second-order valence-corrected chi connectivity index (χ2v) is 7.93. The quantitative estimate of drug-likeness (QED) is 0.405. The minimum absolute atomic E-state index is 0.00534. The first-order valence-electron chi connectivity index (χ1n) is 10.6. The van der Waals surface area contributed by atoms with Gasteiger partial charge in [-0.3, -0.25) is 9.48 Å². The van der Waals surface area contributed by atoms with Crippen LogP contribution in [0.1, 0.15) is 11.1 Å². The van der Waals surface area contributed by atoms with Crippen molar-refractivity contribution in [2.45, 2.75) is 13.3 Å². The molecule has 34 heavy (non-hydrogen) atoms. The van der Waals surface area contributed by atoms with Crippen LogP contribution < -0.4 is 10.1 Å². The molecule has 1 aromatic carbocycles. The number of nitrogens with zero attached hydrogens (tertiary/aromatic N) is 5. The van der Waals surface area contributed by atoms with E-state index in [1.165, 1.54) is 12.1 Å². The van der Waals surface area contributed by atoms with Crippen LogP contribution in [-0.2, 0) is 18.3 Å². The lowest BCUT2D eigenvalue weighted by atomic mass is 10.1. The Morgan fingerprint density at radius 3 is 2.76 bits per heavy atom. The summed E-state index contributed by atoms with van der Waals surface area (Å²) in [5.74, 6) is -0.0592. The molecule has 170 valence electrons. The molecule has 0 fully saturated rings. The van der Waals surface area contributed by atoms with Gasteiger partial charge in [0.2, 0.25) is 11.8 Å². The van der Waals surface area contributed by atoms with Gasteiger partial charge in [0.1, 0.15) is 5.65 Å². The van der Waals surface area contributed by atoms with Crippen LogP contribution >= 0.6 is 0 Å². The molecule has 0 aliphatic heterocycles. The molecule has 8 nitrogen and oxygen atoms in total. The Kier molecular flexibility index (Phi) is 5.51. The summed E-state index contributed by atoms with van der Waals surface area (Å²) in [5, 5.41) is 6.96. The van der Waals surface area contributed by atoms with E-state index in [1.807, 2.05) is 49.0 Å². The van der Waals surface area contributed by atoms with Crippen molar-refractivity contribution in [2.24, 2.45) is 7.05 Å². The highest BCUT2D eigenvalue weighted by atomic mass is 19.1. The number of amides is 1. The summed E-state index contributed by atoms with van der Waals surface area (Å²) in [7, 11) is 1.86. The Bertz CT molecular complexity index is 1510. The minimum atomic E-state index is -0.564. The number of pyridine rings is 2. The van der Waals surface area contributed by atoms with Crippen molar-refractivity contribution in [3.8, 4) is 22.8 Å². The first-order valence-corrected chi connectivity index (χ1v) is 10.6. The van der Waals surface area contributed by atoms with Gasteiger partial charge >= 0.3 is 0 Å². The molecule has 5 rings (SSSR count). The van der Waals surface area contributed by atoms with Crippen LogP contribution in [0.15, 0.2) is 73.4 Å². The molecule has 9 heteroatoms. The van der Waals surface area contributed by atoms with Crippen molar-refractivity contribution < 1.29 is 13.9 Å². The summed E-state index contributed by atoms with van der Waals surface area (Å²) in [6, 6.07) is 11.9. The zero-order valence-corrected chi connectivity index (χ0v) is 18.6. The van der Waals surface area contributed by atoms with Crippen LogP contribution in [0.2, 0.25) is 0 Å². The van der Waals surface area contributed by atoms with E-state index in [4.69, 9.17) is 4.74 Å². The number of hydrogen-bond donors (Lipinski definition) is 1. The maximum absolute atomic E-state index is 14.6. The first-order chi connectivity index (χ1) is 16.4. The predicted octanol–water partition coefficient (Wildman–Crippen LogP) is 4.55. The second-order valence-electron chi connectivity index (χ2n) is 7.93. The monoisotopic (exact) mass is 456 g/mol. The molecule has 0 saturated heterocycles. The molecule has 0 aliphatic rings. The van der Waals surface area contributed by atoms with Crippen LogP contribution in [0.4, 0.5) is 10.2 Å². The summed E-state index contributed by atoms with van der Waals surface area (Å²) in [6.07, 6.45) is 8.94. The summed E-state index contributed by atoms with van der Waals surface area (Å²) in [6.45, 7) is 1.83. The van der Waals surface area contributed by atoms with Gasteiger partial charge in [-0.05, 0) is 42.8 Å². The average Bonchev–Trinajstić information content (AvgIpc) is 3.41. The maximum Gasteiger partial charge on any atom is 0.229 e. The normalized spacial score (nSPS) is 11.0. The van der Waals surface area contributed by atoms with Gasteiger partial charge in [0.15, 0.2) is 17.4 Å². The van der Waals surface area contributed by atoms with Crippen LogP contribution in [0.5, 0.6) is 11.6 Å². The number of imidazole rings is 1. The fourth-order valence-corrected chi connectivity index (χ4v) is 3.58. The molecule has 5 aromatic rings. The molecule has 0 unspecified atom stereocenters. The first kappa shape index (κ1) is 21.3. The zero-order chi connectivity index (χ0) is 23.7. The summed E-state index contributed by atoms with van der Waals surface area (Å²) >= 11 is 0. The predicted molar refractivity (Wildman–Crippen MR) is 125 cm³/mol. The molecular weight excluding hydrogens is 435 g/mol. The molecule has 4 heterocycles. The Labute approximate surface area is 194 Å². The zero-order valence-electron chi connectivity index (χ0n) is 18.6. The minimum Gasteiger partial charge on any atom is -0.436 e. The Balaban J connectivity index is 1.26. The lowest BCUT2D eigenvalue weighted by Crippen LogP contribution is -2.14. The van der Waals surface area contributed by atoms with Crippen molar-refractivity contribution in [1.82, 2.24) is 24.1 Å². The van der Waals surface area contributed by atoms with Crippen LogP contribution in [0, 0.1) is 12.7 Å². The number of nitrogens with one attached hydrogen (secondary N) is 1. The number of anilines is 1. The number of halogens is 1. The van der Waals surface area contributed by atoms with E-state index in [1.54, 1.807) is 35.4 Å². The standard InChI is InChI=1S/C25H21FN6O2/c1-16-4-3-9-27-25(16)34-21-7-5-17(10-20(21)26)11-24(33)30-22-15-32-14-18(6-8-23(32)29-22)19-12-28-31(2)13-19/h3-10,12-15H,11H2,1-2H3,(H,30,33). The molecule has 1 N–H and O–H groups in total. The molecule has 1 amide bonds. The Morgan fingerprint density at radius 1 is 1.12 bits per heavy atom. The number of hydrogen-bond acceptors (Lipinski definition) is 5. The molecule has 0 atom stereocenters. The number of carbonyl (C=O) groups excluding carboxylic acids is 1. The van der Waals surface area contributed by atoms with Gasteiger partial charge in [-0.15, -0.1) is 0 Å². The maximum atomic E-state index is 14.6. The van der Waals surface area contributed by atoms with Crippen LogP contribution in [0.25, 0.3) is 16.8 Å². The highest BCUT2D eigenvalue weighted by molar-refractivity contribution is 5.91. The number of carbonyl (C=O) groups is 1. The van der Waals surface area contributed by atoms with E-state index in [-0.39, 0.29) is 18.1 Å². The number of rotatable bonds is 6. The largest absolute Gasteiger partial charge is 0.436 e. The lowest BCUT2D eigenvalue weighted by Gasteiger charge is -2.09. The van der Waals surface area contributed by atoms with Crippen LogP contribution in [-0.4, -0.2) is 30.1 Å². The van der Waals surface area contributed by atoms with Crippen LogP contribution in [0.3, 0.4) is 0 Å². The Morgan fingerprint density at radius 2 is 2.00 bits per heavy atom. The molecule has 0 aliphatic carbocycles. The SMILES string of the molecule is Cc1cccnc1Oc1ccc(CC(=O)Nc2cn3cc(-c4cnn(C)c4)ccc3n2)cc1F. The fourth-order valence-electron chi connectivity index (χ4n) is 3.58. The average molecular weight is 456 g/mol. The van der Waals surface area contributed by atoms with Crippen molar-refractivity contribution in [3.63, 3.8) is 0 Å². The van der Waals surface area contributed by atoms with Gasteiger partial charge < -0.3 is 14.5 Å². The number of benzene rings is 1. The molecule has 4 aromatic heterocycles. The highest BCUT2D eigenvalue weighted by Gasteiger charge is 2.12. The van der Waals surface area contributed by atoms with Crippen molar-refractivity contribution in [3.05, 3.63) is 90.4 Å². The van der Waals surface area contributed by atoms with E-state index >= 15 is 0 Å². The van der Waals surface area contributed by atoms with E-state index in [2.05, 4.69) is 20.4 Å². The summed E-state index contributed by atoms with van der Waals surface area (Å²) in [5.41, 5.74) is 3.97. The summed E-state index contributed by atoms with van der Waals surface area (Å²) < 4.78 is 23.7. The molecule has 0 saturated carbocycles. The van der Waals surface area contributed by atoms with Gasteiger partial charge in [0, 0.05) is 42.3 Å². The van der Waals surface area contributed by atoms with Gasteiger partial charge in [-0.1, -0.05) is 12.1 Å². The number of fused-ring (bicyclic) bond motifs is 1. The van der Waals surface area contributed by atoms with Crippen molar-refractivity contribution in [2.75, 3.05) is 5.32 Å². The van der Waals surface area contributed by atoms with E-state index in [9.17, 15) is 9.18 Å². The topological polar surface area (TPSA) is 86.3 Å². The molecule has 0 radical (unpaired) electrons. The molecular formula is C25H21FN6O2. The van der Waals surface area contributed by atoms with E-state index < -0.39 is 5.82 Å². The van der Waals surface area contributed by atoms with Gasteiger partial charge in [-0.2, -0.15) is 5.10 Å². The number of aryl methyl sites for hydroxylation is 2. The van der Waals surface area contributed by atoms with Gasteiger partial charge in [0.05, 0.1) is 18.8 Å². The highest BCUT2D eigenvalue weighted by Crippen LogP contribution is 2.26. The third kappa shape index (κ3) is 4.49. The number of aromatic nitrogens is 5. The molecule has 0 spiro atoms. The van der Waals surface area contributed by atoms with Gasteiger partial charge in [0.25, 0.3) is 0 Å². The van der Waals surface area contributed by atoms with Crippen molar-refractivity contribution >= 4 is 17.4 Å². The van der Waals surface area contributed by atoms with E-state index in [0.717, 1.165) is 16.7 Å². The van der Waals surface area contributed by atoms with Gasteiger partial charge in [-0.25, -0.2) is 14.4 Å². The summed E-state index contributed by atoms with van der Waals surface area (Å²) in [4.78, 5) is 21.1. The molecule has 0 bridgehead atoms. The number of ether oxygens (including phenoxy) is 1. The smallest absolute Gasteiger partial charge is 0.229 e.